The Hall–Kier alpha value is -0.930. The third-order valence-electron chi connectivity index (χ3n) is 2.13. The third-order valence-corrected chi connectivity index (χ3v) is 4.36. The standard InChI is InChI=1S/C11H7ClFIN2O2S/c1-18-10(17)8-9(12)16-11(19-8)15-7-3-2-5(13)4-6(7)14/h2-4H,1H3,(H,15,16). The lowest BCUT2D eigenvalue weighted by Crippen LogP contribution is -1.98. The average Bonchev–Trinajstić information content (AvgIpc) is 2.73. The Balaban J connectivity index is 2.26. The van der Waals surface area contributed by atoms with E-state index >= 15 is 0 Å². The van der Waals surface area contributed by atoms with Crippen molar-refractivity contribution in [3.63, 3.8) is 0 Å². The zero-order valence-electron chi connectivity index (χ0n) is 9.54. The Labute approximate surface area is 131 Å². The molecule has 0 saturated heterocycles. The molecule has 1 aromatic heterocycles. The van der Waals surface area contributed by atoms with Crippen LogP contribution in [0.25, 0.3) is 0 Å². The fourth-order valence-electron chi connectivity index (χ4n) is 1.28. The zero-order chi connectivity index (χ0) is 14.0. The van der Waals surface area contributed by atoms with Gasteiger partial charge in [0.05, 0.1) is 12.8 Å². The first kappa shape index (κ1) is 14.5. The summed E-state index contributed by atoms with van der Waals surface area (Å²) < 4.78 is 18.3. The van der Waals surface area contributed by atoms with Crippen molar-refractivity contribution in [3.05, 3.63) is 37.6 Å². The van der Waals surface area contributed by atoms with Crippen LogP contribution in [0.15, 0.2) is 18.2 Å². The predicted octanol–water partition coefficient (Wildman–Crippen LogP) is 4.07. The summed E-state index contributed by atoms with van der Waals surface area (Å²) in [7, 11) is 1.27. The van der Waals surface area contributed by atoms with Crippen molar-refractivity contribution >= 4 is 62.3 Å². The first-order valence-corrected chi connectivity index (χ1v) is 7.25. The van der Waals surface area contributed by atoms with Crippen LogP contribution in [-0.2, 0) is 4.74 Å². The number of nitrogens with zero attached hydrogens (tertiary/aromatic N) is 1. The van der Waals surface area contributed by atoms with Crippen LogP contribution < -0.4 is 5.32 Å². The molecule has 0 atom stereocenters. The summed E-state index contributed by atoms with van der Waals surface area (Å²) in [5.74, 6) is -0.855. The second kappa shape index (κ2) is 6.02. The summed E-state index contributed by atoms with van der Waals surface area (Å²) in [5, 5.41) is 3.50. The Bertz CT molecular complexity index is 635. The molecule has 8 heteroatoms. The first-order chi connectivity index (χ1) is 9.01. The van der Waals surface area contributed by atoms with E-state index in [1.807, 2.05) is 22.6 Å². The average molecular weight is 413 g/mol. The molecule has 0 aliphatic carbocycles. The van der Waals surface area contributed by atoms with Gasteiger partial charge in [0.25, 0.3) is 0 Å². The number of thiazole rings is 1. The fraction of sp³-hybridized carbons (Fsp3) is 0.0909. The number of benzene rings is 1. The third kappa shape index (κ3) is 3.34. The van der Waals surface area contributed by atoms with Crippen molar-refractivity contribution in [2.24, 2.45) is 0 Å². The lowest BCUT2D eigenvalue weighted by atomic mass is 10.3. The molecule has 4 nitrogen and oxygen atoms in total. The molecule has 19 heavy (non-hydrogen) atoms. The molecule has 0 fully saturated rings. The Kier molecular flexibility index (Phi) is 4.58. The highest BCUT2D eigenvalue weighted by Crippen LogP contribution is 2.31. The maximum absolute atomic E-state index is 13.0. The lowest BCUT2D eigenvalue weighted by Gasteiger charge is -2.04. The molecule has 1 heterocycles. The molecule has 0 unspecified atom stereocenters. The topological polar surface area (TPSA) is 51.2 Å². The van der Waals surface area contributed by atoms with Crippen molar-refractivity contribution in [2.45, 2.75) is 0 Å². The second-order valence-corrected chi connectivity index (χ2v) is 5.90. The number of methoxy groups -OCH3 is 1. The second-order valence-electron chi connectivity index (χ2n) is 3.38. The first-order valence-electron chi connectivity index (χ1n) is 4.98. The smallest absolute Gasteiger partial charge is 0.351 e. The van der Waals surface area contributed by atoms with Crippen LogP contribution in [-0.4, -0.2) is 18.1 Å². The van der Waals surface area contributed by atoms with Crippen molar-refractivity contribution in [1.29, 1.82) is 0 Å². The SMILES string of the molecule is COC(=O)c1sc(Nc2ccc(F)cc2I)nc1Cl. The van der Waals surface area contributed by atoms with Crippen LogP contribution in [0.5, 0.6) is 0 Å². The maximum atomic E-state index is 13.0. The number of esters is 1. The molecular weight excluding hydrogens is 406 g/mol. The quantitative estimate of drug-likeness (QED) is 0.610. The summed E-state index contributed by atoms with van der Waals surface area (Å²) in [6.45, 7) is 0. The van der Waals surface area contributed by atoms with E-state index < -0.39 is 5.97 Å². The highest BCUT2D eigenvalue weighted by atomic mass is 127. The largest absolute Gasteiger partial charge is 0.465 e. The molecule has 0 bridgehead atoms. The number of hydrogen-bond acceptors (Lipinski definition) is 5. The van der Waals surface area contributed by atoms with E-state index in [0.29, 0.717) is 14.4 Å². The number of ether oxygens (including phenoxy) is 1. The van der Waals surface area contributed by atoms with E-state index in [-0.39, 0.29) is 15.8 Å². The van der Waals surface area contributed by atoms with Crippen molar-refractivity contribution in [3.8, 4) is 0 Å². The van der Waals surface area contributed by atoms with E-state index in [2.05, 4.69) is 15.0 Å². The summed E-state index contributed by atoms with van der Waals surface area (Å²) in [4.78, 5) is 15.6. The molecule has 0 saturated carbocycles. The molecule has 100 valence electrons. The summed E-state index contributed by atoms with van der Waals surface area (Å²) in [6, 6.07) is 4.31. The number of rotatable bonds is 3. The van der Waals surface area contributed by atoms with Gasteiger partial charge in [0, 0.05) is 3.57 Å². The number of halogens is 3. The van der Waals surface area contributed by atoms with Crippen molar-refractivity contribution in [2.75, 3.05) is 12.4 Å². The molecular formula is C11H7ClFIN2O2S. The minimum atomic E-state index is -0.538. The zero-order valence-corrected chi connectivity index (χ0v) is 13.3. The van der Waals surface area contributed by atoms with Crippen LogP contribution in [0, 0.1) is 9.39 Å². The van der Waals surface area contributed by atoms with Crippen molar-refractivity contribution in [1.82, 2.24) is 4.98 Å². The normalized spacial score (nSPS) is 10.3. The van der Waals surface area contributed by atoms with E-state index in [4.69, 9.17) is 11.6 Å². The summed E-state index contributed by atoms with van der Waals surface area (Å²) in [5.41, 5.74) is 0.684. The molecule has 2 rings (SSSR count). The molecule has 1 N–H and O–H groups in total. The number of carbonyl (C=O) groups excluding carboxylic acids is 1. The van der Waals surface area contributed by atoms with Crippen LogP contribution in [0.2, 0.25) is 5.15 Å². The summed E-state index contributed by atoms with van der Waals surface area (Å²) in [6.07, 6.45) is 0. The van der Waals surface area contributed by atoms with Crippen LogP contribution >= 0.6 is 45.5 Å². The number of aromatic nitrogens is 1. The number of hydrogen-bond donors (Lipinski definition) is 1. The number of anilines is 2. The van der Waals surface area contributed by atoms with Crippen LogP contribution in [0.3, 0.4) is 0 Å². The molecule has 0 spiro atoms. The van der Waals surface area contributed by atoms with Gasteiger partial charge in [-0.05, 0) is 40.8 Å². The monoisotopic (exact) mass is 412 g/mol. The Morgan fingerprint density at radius 3 is 2.95 bits per heavy atom. The Morgan fingerprint density at radius 1 is 1.58 bits per heavy atom. The van der Waals surface area contributed by atoms with Gasteiger partial charge in [-0.2, -0.15) is 0 Å². The van der Waals surface area contributed by atoms with Crippen molar-refractivity contribution < 1.29 is 13.9 Å². The maximum Gasteiger partial charge on any atom is 0.351 e. The minimum Gasteiger partial charge on any atom is -0.465 e. The van der Waals surface area contributed by atoms with Gasteiger partial charge >= 0.3 is 5.97 Å². The number of carbonyl (C=O) groups is 1. The van der Waals surface area contributed by atoms with Gasteiger partial charge in [-0.25, -0.2) is 14.2 Å². The minimum absolute atomic E-state index is 0.0801. The molecule has 0 aliphatic rings. The van der Waals surface area contributed by atoms with Gasteiger partial charge < -0.3 is 10.1 Å². The lowest BCUT2D eigenvalue weighted by molar-refractivity contribution is 0.0606. The van der Waals surface area contributed by atoms with Crippen LogP contribution in [0.1, 0.15) is 9.67 Å². The predicted molar refractivity (Wildman–Crippen MR) is 80.9 cm³/mol. The van der Waals surface area contributed by atoms with Gasteiger partial charge in [0.1, 0.15) is 5.82 Å². The van der Waals surface area contributed by atoms with E-state index in [9.17, 15) is 9.18 Å². The van der Waals surface area contributed by atoms with Gasteiger partial charge in [0.15, 0.2) is 15.2 Å². The molecule has 0 radical (unpaired) electrons. The van der Waals surface area contributed by atoms with E-state index in [0.717, 1.165) is 11.3 Å². The van der Waals surface area contributed by atoms with Gasteiger partial charge in [-0.3, -0.25) is 0 Å². The fourth-order valence-corrected chi connectivity index (χ4v) is 3.01. The van der Waals surface area contributed by atoms with Gasteiger partial charge in [-0.1, -0.05) is 22.9 Å². The number of nitrogens with one attached hydrogen (secondary N) is 1. The summed E-state index contributed by atoms with van der Waals surface area (Å²) >= 11 is 8.92. The Morgan fingerprint density at radius 2 is 2.32 bits per heavy atom. The van der Waals surface area contributed by atoms with Gasteiger partial charge in [0.2, 0.25) is 0 Å². The molecule has 0 amide bonds. The van der Waals surface area contributed by atoms with Gasteiger partial charge in [-0.15, -0.1) is 0 Å². The molecule has 0 aliphatic heterocycles. The highest BCUT2D eigenvalue weighted by Gasteiger charge is 2.17. The highest BCUT2D eigenvalue weighted by molar-refractivity contribution is 14.1. The molecule has 1 aromatic carbocycles. The van der Waals surface area contributed by atoms with E-state index in [1.165, 1.54) is 19.2 Å². The molecule has 2 aromatic rings. The van der Waals surface area contributed by atoms with Crippen LogP contribution in [0.4, 0.5) is 15.2 Å². The van der Waals surface area contributed by atoms with E-state index in [1.54, 1.807) is 6.07 Å².